The molecule has 19 heavy (non-hydrogen) atoms. The lowest BCUT2D eigenvalue weighted by atomic mass is 9.79. The molecule has 1 aromatic rings. The van der Waals surface area contributed by atoms with Gasteiger partial charge in [-0.3, -0.25) is 4.68 Å². The molecule has 1 heterocycles. The minimum absolute atomic E-state index is 0.00388. The van der Waals surface area contributed by atoms with E-state index in [0.29, 0.717) is 11.8 Å². The third kappa shape index (κ3) is 3.09. The normalized spacial score (nSPS) is 28.5. The molecule has 2 rings (SSSR count). The summed E-state index contributed by atoms with van der Waals surface area (Å²) in [5.74, 6) is 1.24. The molecule has 0 spiro atoms. The van der Waals surface area contributed by atoms with Crippen LogP contribution in [0.15, 0.2) is 11.1 Å². The lowest BCUT2D eigenvalue weighted by Gasteiger charge is -2.32. The van der Waals surface area contributed by atoms with Crippen LogP contribution in [0.4, 0.5) is 5.82 Å². The Kier molecular flexibility index (Phi) is 3.87. The smallest absolute Gasteiger partial charge is 0.246 e. The van der Waals surface area contributed by atoms with E-state index in [4.69, 9.17) is 5.73 Å². The van der Waals surface area contributed by atoms with E-state index < -0.39 is 10.0 Å². The second-order valence-corrected chi connectivity index (χ2v) is 7.32. The Morgan fingerprint density at radius 2 is 2.05 bits per heavy atom. The summed E-state index contributed by atoms with van der Waals surface area (Å²) >= 11 is 0. The summed E-state index contributed by atoms with van der Waals surface area (Å²) in [6.45, 7) is 4.39. The van der Waals surface area contributed by atoms with Gasteiger partial charge in [-0.2, -0.15) is 5.10 Å². The number of aromatic nitrogens is 2. The number of nitrogens with zero attached hydrogens (tertiary/aromatic N) is 2. The van der Waals surface area contributed by atoms with Crippen molar-refractivity contribution in [3.8, 4) is 0 Å². The number of hydrogen-bond acceptors (Lipinski definition) is 4. The number of nitrogens with two attached hydrogens (primary N) is 1. The van der Waals surface area contributed by atoms with Crippen LogP contribution in [0, 0.1) is 11.8 Å². The van der Waals surface area contributed by atoms with Gasteiger partial charge in [-0.15, -0.1) is 0 Å². The summed E-state index contributed by atoms with van der Waals surface area (Å²) in [6, 6.07) is -0.00388. The maximum absolute atomic E-state index is 12.3. The molecule has 1 fully saturated rings. The minimum atomic E-state index is -3.57. The topological polar surface area (TPSA) is 90.0 Å². The Bertz CT molecular complexity index is 552. The molecule has 0 radical (unpaired) electrons. The first-order valence-corrected chi connectivity index (χ1v) is 8.09. The van der Waals surface area contributed by atoms with Gasteiger partial charge >= 0.3 is 0 Å². The number of anilines is 1. The van der Waals surface area contributed by atoms with Crippen LogP contribution >= 0.6 is 0 Å². The fraction of sp³-hybridized carbons (Fsp3) is 0.750. The minimum Gasteiger partial charge on any atom is -0.381 e. The molecular formula is C12H22N4O2S. The van der Waals surface area contributed by atoms with Crippen LogP contribution in [0.5, 0.6) is 0 Å². The van der Waals surface area contributed by atoms with Gasteiger partial charge in [0.1, 0.15) is 4.90 Å². The van der Waals surface area contributed by atoms with Crippen LogP contribution in [-0.4, -0.2) is 24.2 Å². The molecule has 0 bridgehead atoms. The molecule has 3 atom stereocenters. The second-order valence-electron chi connectivity index (χ2n) is 5.64. The summed E-state index contributed by atoms with van der Waals surface area (Å²) < 4.78 is 28.7. The summed E-state index contributed by atoms with van der Waals surface area (Å²) in [5, 5.41) is 3.87. The summed E-state index contributed by atoms with van der Waals surface area (Å²) in [5.41, 5.74) is 5.63. The van der Waals surface area contributed by atoms with Crippen molar-refractivity contribution in [2.75, 3.05) is 5.73 Å². The molecule has 108 valence electrons. The molecule has 1 aromatic heterocycles. The number of hydrogen-bond donors (Lipinski definition) is 2. The van der Waals surface area contributed by atoms with Gasteiger partial charge in [0, 0.05) is 19.3 Å². The van der Waals surface area contributed by atoms with E-state index in [-0.39, 0.29) is 16.8 Å². The Morgan fingerprint density at radius 3 is 2.58 bits per heavy atom. The lowest BCUT2D eigenvalue weighted by molar-refractivity contribution is 0.242. The molecule has 6 nitrogen and oxygen atoms in total. The lowest BCUT2D eigenvalue weighted by Crippen LogP contribution is -2.39. The van der Waals surface area contributed by atoms with E-state index in [1.54, 1.807) is 7.05 Å². The fourth-order valence-electron chi connectivity index (χ4n) is 2.63. The Labute approximate surface area is 114 Å². The van der Waals surface area contributed by atoms with Crippen molar-refractivity contribution in [3.63, 3.8) is 0 Å². The molecule has 0 aromatic carbocycles. The highest BCUT2D eigenvalue weighted by Gasteiger charge is 2.29. The quantitative estimate of drug-likeness (QED) is 0.871. The highest BCUT2D eigenvalue weighted by atomic mass is 32.2. The highest BCUT2D eigenvalue weighted by Crippen LogP contribution is 2.30. The van der Waals surface area contributed by atoms with E-state index in [1.807, 2.05) is 0 Å². The first-order valence-electron chi connectivity index (χ1n) is 6.61. The first kappa shape index (κ1) is 14.3. The molecule has 1 aliphatic rings. The van der Waals surface area contributed by atoms with Crippen LogP contribution in [0.2, 0.25) is 0 Å². The second kappa shape index (κ2) is 5.13. The Balaban J connectivity index is 2.12. The number of sulfonamides is 1. The maximum Gasteiger partial charge on any atom is 0.246 e. The molecule has 1 aliphatic carbocycles. The largest absolute Gasteiger partial charge is 0.381 e. The van der Waals surface area contributed by atoms with E-state index in [2.05, 4.69) is 23.7 Å². The number of nitrogen functional groups attached to an aromatic ring is 1. The van der Waals surface area contributed by atoms with E-state index >= 15 is 0 Å². The number of nitrogens with one attached hydrogen (secondary N) is 1. The van der Waals surface area contributed by atoms with Gasteiger partial charge in [0.15, 0.2) is 5.82 Å². The van der Waals surface area contributed by atoms with E-state index in [9.17, 15) is 8.42 Å². The number of aryl methyl sites for hydroxylation is 1. The van der Waals surface area contributed by atoms with Crippen molar-refractivity contribution in [2.45, 2.75) is 44.0 Å². The van der Waals surface area contributed by atoms with Crippen molar-refractivity contribution >= 4 is 15.8 Å². The summed E-state index contributed by atoms with van der Waals surface area (Å²) in [7, 11) is -1.92. The maximum atomic E-state index is 12.3. The van der Waals surface area contributed by atoms with Gasteiger partial charge in [0.05, 0.1) is 0 Å². The fourth-order valence-corrected chi connectivity index (χ4v) is 4.02. The molecule has 3 N–H and O–H groups in total. The summed E-state index contributed by atoms with van der Waals surface area (Å²) in [4.78, 5) is 0.0706. The molecule has 0 aliphatic heterocycles. The predicted octanol–water partition coefficient (Wildman–Crippen LogP) is 1.11. The first-order chi connectivity index (χ1) is 8.79. The van der Waals surface area contributed by atoms with Gasteiger partial charge in [0.25, 0.3) is 0 Å². The molecule has 7 heteroatoms. The molecule has 0 saturated heterocycles. The zero-order valence-electron chi connectivity index (χ0n) is 11.6. The zero-order valence-corrected chi connectivity index (χ0v) is 12.4. The average Bonchev–Trinajstić information content (AvgIpc) is 2.63. The summed E-state index contributed by atoms with van der Waals surface area (Å²) in [6.07, 6.45) is 4.24. The SMILES string of the molecule is CC1CCC(NS(=O)(=O)c2cn(C)nc2N)CC1C. The molecule has 0 amide bonds. The Morgan fingerprint density at radius 1 is 1.37 bits per heavy atom. The van der Waals surface area contributed by atoms with Crippen molar-refractivity contribution in [1.29, 1.82) is 0 Å². The van der Waals surface area contributed by atoms with Gasteiger partial charge in [-0.1, -0.05) is 13.8 Å². The molecule has 3 unspecified atom stereocenters. The monoisotopic (exact) mass is 286 g/mol. The van der Waals surface area contributed by atoms with Crippen LogP contribution in [-0.2, 0) is 17.1 Å². The Hall–Kier alpha value is -1.08. The van der Waals surface area contributed by atoms with Crippen LogP contribution in [0.25, 0.3) is 0 Å². The van der Waals surface area contributed by atoms with Crippen LogP contribution in [0.1, 0.15) is 33.1 Å². The van der Waals surface area contributed by atoms with Crippen molar-refractivity contribution in [2.24, 2.45) is 18.9 Å². The van der Waals surface area contributed by atoms with Crippen molar-refractivity contribution in [1.82, 2.24) is 14.5 Å². The van der Waals surface area contributed by atoms with Gasteiger partial charge in [0.2, 0.25) is 10.0 Å². The standard InChI is InChI=1S/C12H22N4O2S/c1-8-4-5-10(6-9(8)2)15-19(17,18)11-7-16(3)14-12(11)13/h7-10,15H,4-6H2,1-3H3,(H2,13,14). The molecule has 1 saturated carbocycles. The molecular weight excluding hydrogens is 264 g/mol. The third-order valence-electron chi connectivity index (χ3n) is 4.03. The van der Waals surface area contributed by atoms with Crippen LogP contribution in [0.3, 0.4) is 0 Å². The van der Waals surface area contributed by atoms with Gasteiger partial charge in [-0.25, -0.2) is 13.1 Å². The predicted molar refractivity (Wildman–Crippen MR) is 73.9 cm³/mol. The van der Waals surface area contributed by atoms with Crippen LogP contribution < -0.4 is 10.5 Å². The van der Waals surface area contributed by atoms with Crippen molar-refractivity contribution < 1.29 is 8.42 Å². The average molecular weight is 286 g/mol. The highest BCUT2D eigenvalue weighted by molar-refractivity contribution is 7.89. The van der Waals surface area contributed by atoms with Gasteiger partial charge in [-0.05, 0) is 31.1 Å². The number of rotatable bonds is 3. The van der Waals surface area contributed by atoms with E-state index in [1.165, 1.54) is 10.9 Å². The zero-order chi connectivity index (χ0) is 14.2. The van der Waals surface area contributed by atoms with Gasteiger partial charge < -0.3 is 5.73 Å². The third-order valence-corrected chi connectivity index (χ3v) is 5.57. The van der Waals surface area contributed by atoms with E-state index in [0.717, 1.165) is 19.3 Å². The van der Waals surface area contributed by atoms with Crippen molar-refractivity contribution in [3.05, 3.63) is 6.20 Å².